The lowest BCUT2D eigenvalue weighted by molar-refractivity contribution is 0.524. The van der Waals surface area contributed by atoms with E-state index in [-0.39, 0.29) is 16.2 Å². The van der Waals surface area contributed by atoms with Gasteiger partial charge in [0.1, 0.15) is 5.82 Å². The van der Waals surface area contributed by atoms with Gasteiger partial charge in [0.15, 0.2) is 0 Å². The second-order valence-electron chi connectivity index (χ2n) is 4.07. The van der Waals surface area contributed by atoms with Crippen molar-refractivity contribution in [3.8, 4) is 0 Å². The number of alkyl halides is 1. The molecule has 0 saturated carbocycles. The minimum atomic E-state index is -0.347. The SMILES string of the molecule is CC(Cl)CC(C)Cc1ccc(Cl)c(F)c1. The fourth-order valence-corrected chi connectivity index (χ4v) is 2.13. The van der Waals surface area contributed by atoms with E-state index in [4.69, 9.17) is 23.2 Å². The van der Waals surface area contributed by atoms with Crippen molar-refractivity contribution in [2.24, 2.45) is 5.92 Å². The van der Waals surface area contributed by atoms with Gasteiger partial charge >= 0.3 is 0 Å². The van der Waals surface area contributed by atoms with Gasteiger partial charge in [-0.3, -0.25) is 0 Å². The second kappa shape index (κ2) is 5.72. The molecule has 0 aliphatic carbocycles. The number of halogens is 3. The van der Waals surface area contributed by atoms with Gasteiger partial charge in [-0.25, -0.2) is 4.39 Å². The third-order valence-electron chi connectivity index (χ3n) is 2.30. The zero-order chi connectivity index (χ0) is 11.4. The van der Waals surface area contributed by atoms with Crippen molar-refractivity contribution in [2.45, 2.75) is 32.1 Å². The maximum atomic E-state index is 13.1. The quantitative estimate of drug-likeness (QED) is 0.680. The Morgan fingerprint density at radius 3 is 2.53 bits per heavy atom. The lowest BCUT2D eigenvalue weighted by atomic mass is 9.97. The number of rotatable bonds is 4. The van der Waals surface area contributed by atoms with Gasteiger partial charge in [0, 0.05) is 5.38 Å². The molecule has 1 rings (SSSR count). The van der Waals surface area contributed by atoms with E-state index in [1.165, 1.54) is 6.07 Å². The number of hydrogen-bond donors (Lipinski definition) is 0. The predicted octanol–water partition coefficient (Wildman–Crippen LogP) is 4.68. The van der Waals surface area contributed by atoms with Crippen LogP contribution in [-0.4, -0.2) is 5.38 Å². The van der Waals surface area contributed by atoms with Crippen LogP contribution in [-0.2, 0) is 6.42 Å². The Balaban J connectivity index is 2.60. The van der Waals surface area contributed by atoms with Gasteiger partial charge in [-0.15, -0.1) is 11.6 Å². The summed E-state index contributed by atoms with van der Waals surface area (Å²) in [5, 5.41) is 0.342. The Kier molecular flexibility index (Phi) is 4.88. The van der Waals surface area contributed by atoms with Crippen LogP contribution in [0.25, 0.3) is 0 Å². The summed E-state index contributed by atoms with van der Waals surface area (Å²) in [4.78, 5) is 0. The molecule has 0 fully saturated rings. The second-order valence-corrected chi connectivity index (χ2v) is 5.23. The van der Waals surface area contributed by atoms with Crippen molar-refractivity contribution < 1.29 is 4.39 Å². The van der Waals surface area contributed by atoms with Crippen LogP contribution >= 0.6 is 23.2 Å². The van der Waals surface area contributed by atoms with Crippen LogP contribution in [0, 0.1) is 11.7 Å². The van der Waals surface area contributed by atoms with Crippen LogP contribution in [0.2, 0.25) is 5.02 Å². The Bertz CT molecular complexity index is 323. The van der Waals surface area contributed by atoms with Crippen LogP contribution in [0.1, 0.15) is 25.8 Å². The van der Waals surface area contributed by atoms with Crippen LogP contribution in [0.3, 0.4) is 0 Å². The summed E-state index contributed by atoms with van der Waals surface area (Å²) in [5.41, 5.74) is 0.974. The summed E-state index contributed by atoms with van der Waals surface area (Å²) < 4.78 is 13.1. The van der Waals surface area contributed by atoms with Gasteiger partial charge in [-0.2, -0.15) is 0 Å². The van der Waals surface area contributed by atoms with Crippen LogP contribution < -0.4 is 0 Å². The standard InChI is InChI=1S/C12H15Cl2F/c1-8(5-9(2)13)6-10-3-4-11(14)12(15)7-10/h3-4,7-9H,5-6H2,1-2H3. The van der Waals surface area contributed by atoms with E-state index in [0.717, 1.165) is 18.4 Å². The smallest absolute Gasteiger partial charge is 0.142 e. The minimum absolute atomic E-state index is 0.164. The third kappa shape index (κ3) is 4.40. The maximum Gasteiger partial charge on any atom is 0.142 e. The Morgan fingerprint density at radius 1 is 1.33 bits per heavy atom. The molecule has 0 nitrogen and oxygen atoms in total. The number of hydrogen-bond acceptors (Lipinski definition) is 0. The zero-order valence-electron chi connectivity index (χ0n) is 8.93. The highest BCUT2D eigenvalue weighted by Gasteiger charge is 2.08. The molecule has 0 radical (unpaired) electrons. The van der Waals surface area contributed by atoms with E-state index in [2.05, 4.69) is 6.92 Å². The van der Waals surface area contributed by atoms with Crippen LogP contribution in [0.4, 0.5) is 4.39 Å². The summed E-state index contributed by atoms with van der Waals surface area (Å²) in [5.74, 6) is 0.110. The molecule has 1 aromatic carbocycles. The highest BCUT2D eigenvalue weighted by Crippen LogP contribution is 2.20. The van der Waals surface area contributed by atoms with Gasteiger partial charge < -0.3 is 0 Å². The van der Waals surface area contributed by atoms with Crippen LogP contribution in [0.5, 0.6) is 0 Å². The van der Waals surface area contributed by atoms with E-state index in [9.17, 15) is 4.39 Å². The van der Waals surface area contributed by atoms with Crippen molar-refractivity contribution in [1.82, 2.24) is 0 Å². The normalized spacial score (nSPS) is 15.0. The summed E-state index contributed by atoms with van der Waals surface area (Å²) >= 11 is 11.5. The Hall–Kier alpha value is -0.270. The third-order valence-corrected chi connectivity index (χ3v) is 2.78. The summed E-state index contributed by atoms with van der Waals surface area (Å²) in [7, 11) is 0. The van der Waals surface area contributed by atoms with Gasteiger partial charge in [-0.1, -0.05) is 24.6 Å². The summed E-state index contributed by atoms with van der Waals surface area (Å²) in [6.45, 7) is 4.09. The highest BCUT2D eigenvalue weighted by atomic mass is 35.5. The van der Waals surface area contributed by atoms with Crippen molar-refractivity contribution in [1.29, 1.82) is 0 Å². The molecular weight excluding hydrogens is 234 g/mol. The summed E-state index contributed by atoms with van der Waals surface area (Å²) in [6.07, 6.45) is 1.77. The average Bonchev–Trinajstić information content (AvgIpc) is 2.10. The molecule has 0 saturated heterocycles. The lowest BCUT2D eigenvalue weighted by Gasteiger charge is -2.12. The van der Waals surface area contributed by atoms with E-state index >= 15 is 0 Å². The van der Waals surface area contributed by atoms with Crippen molar-refractivity contribution >= 4 is 23.2 Å². The molecule has 0 N–H and O–H groups in total. The molecule has 0 amide bonds. The van der Waals surface area contributed by atoms with Gasteiger partial charge in [0.2, 0.25) is 0 Å². The maximum absolute atomic E-state index is 13.1. The van der Waals surface area contributed by atoms with Crippen molar-refractivity contribution in [2.75, 3.05) is 0 Å². The highest BCUT2D eigenvalue weighted by molar-refractivity contribution is 6.30. The van der Waals surface area contributed by atoms with E-state index < -0.39 is 0 Å². The van der Waals surface area contributed by atoms with Crippen molar-refractivity contribution in [3.05, 3.63) is 34.6 Å². The van der Waals surface area contributed by atoms with E-state index in [1.807, 2.05) is 13.0 Å². The molecule has 1 aromatic rings. The van der Waals surface area contributed by atoms with Crippen LogP contribution in [0.15, 0.2) is 18.2 Å². The predicted molar refractivity (Wildman–Crippen MR) is 64.2 cm³/mol. The Labute approximate surface area is 100 Å². The first-order valence-corrected chi connectivity index (χ1v) is 5.88. The molecule has 3 heteroatoms. The molecule has 0 heterocycles. The lowest BCUT2D eigenvalue weighted by Crippen LogP contribution is -2.05. The van der Waals surface area contributed by atoms with Gasteiger partial charge in [0.05, 0.1) is 5.02 Å². The molecule has 15 heavy (non-hydrogen) atoms. The molecule has 0 bridgehead atoms. The molecule has 2 unspecified atom stereocenters. The Morgan fingerprint density at radius 2 is 2.00 bits per heavy atom. The minimum Gasteiger partial charge on any atom is -0.205 e. The monoisotopic (exact) mass is 248 g/mol. The molecule has 2 atom stereocenters. The first-order chi connectivity index (χ1) is 6.99. The number of benzene rings is 1. The molecular formula is C12H15Cl2F. The fraction of sp³-hybridized carbons (Fsp3) is 0.500. The van der Waals surface area contributed by atoms with E-state index in [0.29, 0.717) is 5.92 Å². The molecule has 0 aliphatic rings. The zero-order valence-corrected chi connectivity index (χ0v) is 10.4. The first-order valence-electron chi connectivity index (χ1n) is 5.07. The van der Waals surface area contributed by atoms with E-state index in [1.54, 1.807) is 6.07 Å². The van der Waals surface area contributed by atoms with Gasteiger partial charge in [0.25, 0.3) is 0 Å². The fourth-order valence-electron chi connectivity index (χ4n) is 1.71. The molecule has 84 valence electrons. The van der Waals surface area contributed by atoms with Gasteiger partial charge in [-0.05, 0) is 43.4 Å². The molecule has 0 aliphatic heterocycles. The largest absolute Gasteiger partial charge is 0.205 e. The topological polar surface area (TPSA) is 0 Å². The van der Waals surface area contributed by atoms with Crippen molar-refractivity contribution in [3.63, 3.8) is 0 Å². The molecule has 0 aromatic heterocycles. The average molecular weight is 249 g/mol. The first kappa shape index (κ1) is 12.8. The molecule has 0 spiro atoms. The summed E-state index contributed by atoms with van der Waals surface area (Å²) in [6, 6.07) is 4.96.